The zero-order valence-corrected chi connectivity index (χ0v) is 18.4. The average Bonchev–Trinajstić information content (AvgIpc) is 3.09. The van der Waals surface area contributed by atoms with Crippen LogP contribution in [0.25, 0.3) is 0 Å². The van der Waals surface area contributed by atoms with Crippen LogP contribution in [-0.2, 0) is 19.1 Å². The maximum absolute atomic E-state index is 12.9. The molecule has 4 bridgehead atoms. The number of anilines is 1. The van der Waals surface area contributed by atoms with E-state index in [9.17, 15) is 14.4 Å². The van der Waals surface area contributed by atoms with Gasteiger partial charge in [0.25, 0.3) is 5.91 Å². The van der Waals surface area contributed by atoms with Gasteiger partial charge < -0.3 is 15.0 Å². The molecule has 31 heavy (non-hydrogen) atoms. The van der Waals surface area contributed by atoms with Crippen molar-refractivity contribution in [3.63, 3.8) is 0 Å². The molecule has 0 unspecified atom stereocenters. The molecule has 6 nitrogen and oxygen atoms in total. The Hall–Kier alpha value is -2.37. The first-order valence-electron chi connectivity index (χ1n) is 11.7. The van der Waals surface area contributed by atoms with Gasteiger partial charge in [0.05, 0.1) is 5.92 Å². The Morgan fingerprint density at radius 3 is 2.23 bits per heavy atom. The number of aryl methyl sites for hydroxylation is 1. The van der Waals surface area contributed by atoms with Gasteiger partial charge in [0, 0.05) is 24.2 Å². The highest BCUT2D eigenvalue weighted by atomic mass is 16.5. The standard InChI is InChI=1S/C25H32N2O4/c1-15-3-5-21(6-4-15)27-14-20(10-22(27)28)24(30)31-16(2)23(29)26-25-11-17-7-18(12-25)9-19(8-17)13-25/h3-6,16-20H,7-14H2,1-2H3,(H,26,29)/t16-,17?,18?,19?,20+,25?/m1/s1. The van der Waals surface area contributed by atoms with Gasteiger partial charge in [0.15, 0.2) is 6.10 Å². The number of nitrogens with one attached hydrogen (secondary N) is 1. The van der Waals surface area contributed by atoms with Crippen molar-refractivity contribution in [2.75, 3.05) is 11.4 Å². The predicted molar refractivity (Wildman–Crippen MR) is 116 cm³/mol. The van der Waals surface area contributed by atoms with Crippen LogP contribution >= 0.6 is 0 Å². The molecule has 0 spiro atoms. The quantitative estimate of drug-likeness (QED) is 0.736. The normalized spacial score (nSPS) is 34.6. The van der Waals surface area contributed by atoms with Crippen molar-refractivity contribution in [3.05, 3.63) is 29.8 Å². The summed E-state index contributed by atoms with van der Waals surface area (Å²) in [5.74, 6) is 0.927. The van der Waals surface area contributed by atoms with Gasteiger partial charge in [0.1, 0.15) is 0 Å². The maximum atomic E-state index is 12.9. The molecule has 0 radical (unpaired) electrons. The summed E-state index contributed by atoms with van der Waals surface area (Å²) in [6.45, 7) is 3.93. The SMILES string of the molecule is Cc1ccc(N2C[C@@H](C(=O)O[C@H](C)C(=O)NC34CC5CC(CC(C5)C3)C4)CC2=O)cc1. The van der Waals surface area contributed by atoms with E-state index in [2.05, 4.69) is 5.32 Å². The largest absolute Gasteiger partial charge is 0.452 e. The fourth-order valence-electron chi connectivity index (χ4n) is 6.79. The molecule has 2 amide bonds. The minimum atomic E-state index is -0.843. The lowest BCUT2D eigenvalue weighted by Crippen LogP contribution is -2.61. The summed E-state index contributed by atoms with van der Waals surface area (Å²) in [5.41, 5.74) is 1.81. The number of amides is 2. The van der Waals surface area contributed by atoms with Crippen molar-refractivity contribution in [3.8, 4) is 0 Å². The first-order chi connectivity index (χ1) is 14.8. The molecule has 1 saturated heterocycles. The van der Waals surface area contributed by atoms with Gasteiger partial charge in [-0.15, -0.1) is 0 Å². The Morgan fingerprint density at radius 1 is 1.06 bits per heavy atom. The fraction of sp³-hybridized carbons (Fsp3) is 0.640. The van der Waals surface area contributed by atoms with Crippen molar-refractivity contribution < 1.29 is 19.1 Å². The van der Waals surface area contributed by atoms with E-state index in [-0.39, 0.29) is 23.8 Å². The third-order valence-corrected chi connectivity index (χ3v) is 7.89. The van der Waals surface area contributed by atoms with E-state index in [4.69, 9.17) is 4.74 Å². The summed E-state index contributed by atoms with van der Waals surface area (Å²) < 4.78 is 5.53. The number of carbonyl (C=O) groups is 3. The number of rotatable bonds is 5. The highest BCUT2D eigenvalue weighted by Gasteiger charge is 2.52. The second-order valence-electron chi connectivity index (χ2n) is 10.5. The Balaban J connectivity index is 1.17. The Labute approximate surface area is 183 Å². The Morgan fingerprint density at radius 2 is 1.65 bits per heavy atom. The summed E-state index contributed by atoms with van der Waals surface area (Å²) in [6, 6.07) is 7.68. The van der Waals surface area contributed by atoms with E-state index in [0.29, 0.717) is 6.54 Å². The number of nitrogens with zero attached hydrogens (tertiary/aromatic N) is 1. The van der Waals surface area contributed by atoms with Crippen LogP contribution in [-0.4, -0.2) is 36.0 Å². The fourth-order valence-corrected chi connectivity index (χ4v) is 6.79. The van der Waals surface area contributed by atoms with Crippen molar-refractivity contribution >= 4 is 23.5 Å². The molecule has 1 N–H and O–H groups in total. The van der Waals surface area contributed by atoms with Crippen LogP contribution in [0, 0.1) is 30.6 Å². The van der Waals surface area contributed by atoms with E-state index < -0.39 is 18.0 Å². The molecular weight excluding hydrogens is 392 g/mol. The number of esters is 1. The van der Waals surface area contributed by atoms with Crippen molar-refractivity contribution in [2.24, 2.45) is 23.7 Å². The lowest BCUT2D eigenvalue weighted by molar-refractivity contribution is -0.160. The molecule has 4 saturated carbocycles. The second-order valence-corrected chi connectivity index (χ2v) is 10.5. The molecule has 2 atom stereocenters. The van der Waals surface area contributed by atoms with Gasteiger partial charge in [-0.25, -0.2) is 0 Å². The highest BCUT2D eigenvalue weighted by Crippen LogP contribution is 2.55. The van der Waals surface area contributed by atoms with E-state index in [1.54, 1.807) is 11.8 Å². The molecule has 6 rings (SSSR count). The van der Waals surface area contributed by atoms with Gasteiger partial charge in [-0.1, -0.05) is 17.7 Å². The first kappa shape index (κ1) is 20.5. The lowest BCUT2D eigenvalue weighted by atomic mass is 9.53. The molecule has 4 aliphatic carbocycles. The van der Waals surface area contributed by atoms with Gasteiger partial charge in [-0.3, -0.25) is 14.4 Å². The highest BCUT2D eigenvalue weighted by molar-refractivity contribution is 5.99. The molecule has 5 fully saturated rings. The minimum Gasteiger partial charge on any atom is -0.452 e. The Bertz CT molecular complexity index is 858. The van der Waals surface area contributed by atoms with Crippen LogP contribution in [0.5, 0.6) is 0 Å². The van der Waals surface area contributed by atoms with Crippen LogP contribution in [0.2, 0.25) is 0 Å². The lowest BCUT2D eigenvalue weighted by Gasteiger charge is -2.57. The molecule has 1 aromatic carbocycles. The summed E-state index contributed by atoms with van der Waals surface area (Å²) in [4.78, 5) is 39.7. The van der Waals surface area contributed by atoms with Gasteiger partial charge in [-0.05, 0) is 82.3 Å². The Kier molecular flexibility index (Phi) is 5.06. The molecule has 166 valence electrons. The molecule has 6 heteroatoms. The number of hydrogen-bond donors (Lipinski definition) is 1. The van der Waals surface area contributed by atoms with Gasteiger partial charge in [0.2, 0.25) is 5.91 Å². The van der Waals surface area contributed by atoms with Crippen LogP contribution in [0.1, 0.15) is 57.4 Å². The zero-order chi connectivity index (χ0) is 21.8. The topological polar surface area (TPSA) is 75.7 Å². The number of carbonyl (C=O) groups excluding carboxylic acids is 3. The third kappa shape index (κ3) is 3.97. The van der Waals surface area contributed by atoms with E-state index in [1.165, 1.54) is 19.3 Å². The van der Waals surface area contributed by atoms with Gasteiger partial charge >= 0.3 is 5.97 Å². The number of hydrogen-bond acceptors (Lipinski definition) is 4. The van der Waals surface area contributed by atoms with Crippen LogP contribution < -0.4 is 10.2 Å². The van der Waals surface area contributed by atoms with E-state index >= 15 is 0 Å². The van der Waals surface area contributed by atoms with Crippen molar-refractivity contribution in [1.82, 2.24) is 5.32 Å². The molecule has 1 aromatic rings. The predicted octanol–water partition coefficient (Wildman–Crippen LogP) is 3.36. The summed E-state index contributed by atoms with van der Waals surface area (Å²) >= 11 is 0. The van der Waals surface area contributed by atoms with E-state index in [0.717, 1.165) is 48.3 Å². The number of ether oxygens (including phenoxy) is 1. The average molecular weight is 425 g/mol. The first-order valence-corrected chi connectivity index (χ1v) is 11.7. The third-order valence-electron chi connectivity index (χ3n) is 7.89. The molecule has 5 aliphatic rings. The van der Waals surface area contributed by atoms with Crippen molar-refractivity contribution in [1.29, 1.82) is 0 Å². The van der Waals surface area contributed by atoms with Crippen LogP contribution in [0.3, 0.4) is 0 Å². The smallest absolute Gasteiger partial charge is 0.312 e. The summed E-state index contributed by atoms with van der Waals surface area (Å²) in [7, 11) is 0. The molecular formula is C25H32N2O4. The van der Waals surface area contributed by atoms with E-state index in [1.807, 2.05) is 31.2 Å². The van der Waals surface area contributed by atoms with Crippen molar-refractivity contribution in [2.45, 2.75) is 70.4 Å². The minimum absolute atomic E-state index is 0.0866. The zero-order valence-electron chi connectivity index (χ0n) is 18.4. The molecule has 0 aromatic heterocycles. The molecule has 1 heterocycles. The van der Waals surface area contributed by atoms with Crippen LogP contribution in [0.15, 0.2) is 24.3 Å². The number of benzene rings is 1. The monoisotopic (exact) mass is 424 g/mol. The second kappa shape index (κ2) is 7.64. The van der Waals surface area contributed by atoms with Crippen LogP contribution in [0.4, 0.5) is 5.69 Å². The summed E-state index contributed by atoms with van der Waals surface area (Å²) in [5, 5.41) is 3.28. The summed E-state index contributed by atoms with van der Waals surface area (Å²) in [6.07, 6.45) is 6.41. The molecule has 1 aliphatic heterocycles. The van der Waals surface area contributed by atoms with Gasteiger partial charge in [-0.2, -0.15) is 0 Å². The maximum Gasteiger partial charge on any atom is 0.312 e.